The number of nitrogens with one attached hydrogen (secondary N) is 1. The summed E-state index contributed by atoms with van der Waals surface area (Å²) in [5.74, 6) is 0. The molecule has 3 fully saturated rings. The van der Waals surface area contributed by atoms with Gasteiger partial charge in [-0.2, -0.15) is 0 Å². The van der Waals surface area contributed by atoms with E-state index in [-0.39, 0.29) is 0 Å². The first kappa shape index (κ1) is 9.17. The molecule has 14 heavy (non-hydrogen) atoms. The van der Waals surface area contributed by atoms with E-state index in [0.717, 1.165) is 18.1 Å². The van der Waals surface area contributed by atoms with E-state index in [2.05, 4.69) is 10.2 Å². The first-order valence-electron chi connectivity index (χ1n) is 6.42. The third kappa shape index (κ3) is 1.70. The smallest absolute Gasteiger partial charge is 0.0125 e. The molecule has 0 radical (unpaired) electrons. The van der Waals surface area contributed by atoms with Gasteiger partial charge in [0, 0.05) is 18.1 Å². The molecule has 0 aromatic carbocycles. The third-order valence-corrected chi connectivity index (χ3v) is 4.36. The van der Waals surface area contributed by atoms with Gasteiger partial charge in [-0.25, -0.2) is 0 Å². The van der Waals surface area contributed by atoms with E-state index in [4.69, 9.17) is 0 Å². The highest BCUT2D eigenvalue weighted by Gasteiger charge is 2.35. The Bertz CT molecular complexity index is 186. The molecule has 0 amide bonds. The predicted molar refractivity (Wildman–Crippen MR) is 58.4 cm³/mol. The summed E-state index contributed by atoms with van der Waals surface area (Å²) in [4.78, 5) is 2.77. The Morgan fingerprint density at radius 2 is 1.50 bits per heavy atom. The highest BCUT2D eigenvalue weighted by Crippen LogP contribution is 2.30. The van der Waals surface area contributed by atoms with Gasteiger partial charge in [0.1, 0.15) is 0 Å². The Morgan fingerprint density at radius 1 is 0.857 bits per heavy atom. The molecule has 0 aliphatic carbocycles. The SMILES string of the molecule is C1CCN(C2C[C@H]3CC[C@H](C2)N3)CC1. The molecule has 80 valence electrons. The standard InChI is InChI=1S/C12H22N2/c1-2-6-14(7-3-1)12-8-10-4-5-11(9-12)13-10/h10-13H,1-9H2/t10-,11-/m1/s1. The van der Waals surface area contributed by atoms with Crippen molar-refractivity contribution in [1.82, 2.24) is 10.2 Å². The van der Waals surface area contributed by atoms with Crippen molar-refractivity contribution in [3.8, 4) is 0 Å². The second kappa shape index (κ2) is 3.82. The minimum absolute atomic E-state index is 0.862. The lowest BCUT2D eigenvalue weighted by atomic mass is 9.96. The van der Waals surface area contributed by atoms with E-state index in [1.54, 1.807) is 0 Å². The zero-order valence-electron chi connectivity index (χ0n) is 9.04. The lowest BCUT2D eigenvalue weighted by Crippen LogP contribution is -2.49. The number of piperidine rings is 2. The van der Waals surface area contributed by atoms with Crippen LogP contribution in [-0.2, 0) is 0 Å². The number of hydrogen-bond donors (Lipinski definition) is 1. The zero-order chi connectivity index (χ0) is 9.38. The van der Waals surface area contributed by atoms with Crippen molar-refractivity contribution in [2.45, 2.75) is 63.1 Å². The summed E-state index contributed by atoms with van der Waals surface area (Å²) in [6.45, 7) is 2.76. The van der Waals surface area contributed by atoms with Gasteiger partial charge in [-0.05, 0) is 51.6 Å². The van der Waals surface area contributed by atoms with Crippen molar-refractivity contribution in [3.05, 3.63) is 0 Å². The van der Waals surface area contributed by atoms with E-state index in [1.807, 2.05) is 0 Å². The van der Waals surface area contributed by atoms with Crippen molar-refractivity contribution in [3.63, 3.8) is 0 Å². The van der Waals surface area contributed by atoms with Crippen molar-refractivity contribution in [1.29, 1.82) is 0 Å². The minimum atomic E-state index is 0.862. The molecule has 3 aliphatic heterocycles. The molecule has 3 aliphatic rings. The molecule has 0 aromatic heterocycles. The Balaban J connectivity index is 1.61. The molecule has 1 N–H and O–H groups in total. The monoisotopic (exact) mass is 194 g/mol. The fourth-order valence-corrected chi connectivity index (χ4v) is 3.61. The second-order valence-electron chi connectivity index (χ2n) is 5.36. The molecule has 3 heterocycles. The molecule has 3 saturated heterocycles. The summed E-state index contributed by atoms with van der Waals surface area (Å²) in [5.41, 5.74) is 0. The Labute approximate surface area is 87.0 Å². The van der Waals surface area contributed by atoms with E-state index >= 15 is 0 Å². The van der Waals surface area contributed by atoms with E-state index in [1.165, 1.54) is 58.0 Å². The molecular weight excluding hydrogens is 172 g/mol. The fourth-order valence-electron chi connectivity index (χ4n) is 3.61. The van der Waals surface area contributed by atoms with Crippen LogP contribution in [0.1, 0.15) is 44.9 Å². The van der Waals surface area contributed by atoms with E-state index in [0.29, 0.717) is 0 Å². The van der Waals surface area contributed by atoms with Gasteiger partial charge in [0.2, 0.25) is 0 Å². The topological polar surface area (TPSA) is 15.3 Å². The summed E-state index contributed by atoms with van der Waals surface area (Å²) in [6.07, 6.45) is 10.1. The molecule has 0 aromatic rings. The van der Waals surface area contributed by atoms with E-state index < -0.39 is 0 Å². The van der Waals surface area contributed by atoms with Gasteiger partial charge in [0.25, 0.3) is 0 Å². The molecule has 3 rings (SSSR count). The highest BCUT2D eigenvalue weighted by atomic mass is 15.2. The minimum Gasteiger partial charge on any atom is -0.311 e. The van der Waals surface area contributed by atoms with Gasteiger partial charge in [-0.3, -0.25) is 0 Å². The number of likely N-dealkylation sites (tertiary alicyclic amines) is 1. The number of fused-ring (bicyclic) bond motifs is 2. The summed E-state index contributed by atoms with van der Waals surface area (Å²) in [6, 6.07) is 2.65. The molecule has 0 saturated carbocycles. The number of nitrogens with zero attached hydrogens (tertiary/aromatic N) is 1. The third-order valence-electron chi connectivity index (χ3n) is 4.36. The Morgan fingerprint density at radius 3 is 2.14 bits per heavy atom. The highest BCUT2D eigenvalue weighted by molar-refractivity contribution is 4.95. The van der Waals surface area contributed by atoms with Crippen LogP contribution in [0.4, 0.5) is 0 Å². The van der Waals surface area contributed by atoms with Gasteiger partial charge in [0.15, 0.2) is 0 Å². The van der Waals surface area contributed by atoms with Crippen LogP contribution in [0.5, 0.6) is 0 Å². The largest absolute Gasteiger partial charge is 0.311 e. The maximum Gasteiger partial charge on any atom is 0.0125 e. The summed E-state index contributed by atoms with van der Waals surface area (Å²) in [7, 11) is 0. The summed E-state index contributed by atoms with van der Waals surface area (Å²) in [5, 5.41) is 3.73. The average Bonchev–Trinajstić information content (AvgIpc) is 2.59. The van der Waals surface area contributed by atoms with Crippen LogP contribution in [-0.4, -0.2) is 36.1 Å². The van der Waals surface area contributed by atoms with Crippen molar-refractivity contribution < 1.29 is 0 Å². The van der Waals surface area contributed by atoms with Crippen LogP contribution in [0.15, 0.2) is 0 Å². The van der Waals surface area contributed by atoms with Gasteiger partial charge in [-0.15, -0.1) is 0 Å². The first-order chi connectivity index (χ1) is 6.92. The van der Waals surface area contributed by atoms with Crippen LogP contribution in [0.3, 0.4) is 0 Å². The lowest BCUT2D eigenvalue weighted by Gasteiger charge is -2.39. The fraction of sp³-hybridized carbons (Fsp3) is 1.00. The summed E-state index contributed by atoms with van der Waals surface area (Å²) < 4.78 is 0. The molecule has 2 bridgehead atoms. The van der Waals surface area contributed by atoms with E-state index in [9.17, 15) is 0 Å². The van der Waals surface area contributed by atoms with Crippen LogP contribution >= 0.6 is 0 Å². The first-order valence-corrected chi connectivity index (χ1v) is 6.42. The predicted octanol–water partition coefficient (Wildman–Crippen LogP) is 1.76. The van der Waals surface area contributed by atoms with Crippen LogP contribution in [0, 0.1) is 0 Å². The molecular formula is C12H22N2. The Kier molecular flexibility index (Phi) is 2.50. The van der Waals surface area contributed by atoms with Gasteiger partial charge >= 0.3 is 0 Å². The van der Waals surface area contributed by atoms with Crippen molar-refractivity contribution >= 4 is 0 Å². The maximum atomic E-state index is 3.73. The average molecular weight is 194 g/mol. The molecule has 2 nitrogen and oxygen atoms in total. The quantitative estimate of drug-likeness (QED) is 0.684. The van der Waals surface area contributed by atoms with Crippen molar-refractivity contribution in [2.24, 2.45) is 0 Å². The molecule has 0 unspecified atom stereocenters. The normalized spacial score (nSPS) is 44.1. The van der Waals surface area contributed by atoms with Gasteiger partial charge in [-0.1, -0.05) is 6.42 Å². The number of rotatable bonds is 1. The van der Waals surface area contributed by atoms with Crippen LogP contribution in [0.25, 0.3) is 0 Å². The maximum absolute atomic E-state index is 3.73. The van der Waals surface area contributed by atoms with Gasteiger partial charge < -0.3 is 10.2 Å². The zero-order valence-corrected chi connectivity index (χ0v) is 9.04. The summed E-state index contributed by atoms with van der Waals surface area (Å²) >= 11 is 0. The molecule has 2 atom stereocenters. The van der Waals surface area contributed by atoms with Crippen LogP contribution in [0.2, 0.25) is 0 Å². The van der Waals surface area contributed by atoms with Crippen LogP contribution < -0.4 is 5.32 Å². The number of hydrogen-bond acceptors (Lipinski definition) is 2. The van der Waals surface area contributed by atoms with Gasteiger partial charge in [0.05, 0.1) is 0 Å². The molecule has 2 heteroatoms. The lowest BCUT2D eigenvalue weighted by molar-refractivity contribution is 0.119. The Hall–Kier alpha value is -0.0800. The molecule has 0 spiro atoms. The second-order valence-corrected chi connectivity index (χ2v) is 5.36. The van der Waals surface area contributed by atoms with Crippen molar-refractivity contribution in [2.75, 3.05) is 13.1 Å².